The largest absolute Gasteiger partial charge is 0.314 e. The molecular weight excluding hydrogens is 200 g/mol. The predicted octanol–water partition coefficient (Wildman–Crippen LogP) is 1.69. The van der Waals surface area contributed by atoms with E-state index in [0.29, 0.717) is 6.04 Å². The molecule has 1 aliphatic rings. The van der Waals surface area contributed by atoms with Crippen LogP contribution in [0.15, 0.2) is 12.7 Å². The molecule has 1 aromatic heterocycles. The molecule has 0 aliphatic heterocycles. The lowest BCUT2D eigenvalue weighted by Gasteiger charge is -2.17. The van der Waals surface area contributed by atoms with Gasteiger partial charge in [0.15, 0.2) is 0 Å². The van der Waals surface area contributed by atoms with Crippen LogP contribution in [0.3, 0.4) is 0 Å². The fourth-order valence-electron chi connectivity index (χ4n) is 2.00. The Morgan fingerprint density at radius 3 is 2.88 bits per heavy atom. The second-order valence-corrected chi connectivity index (χ2v) is 5.07. The van der Waals surface area contributed by atoms with E-state index in [0.717, 1.165) is 31.3 Å². The minimum absolute atomic E-state index is 0.561. The first-order chi connectivity index (χ1) is 7.75. The number of rotatable bonds is 7. The molecule has 1 heterocycles. The van der Waals surface area contributed by atoms with Gasteiger partial charge >= 0.3 is 0 Å². The van der Waals surface area contributed by atoms with Gasteiger partial charge in [0.1, 0.15) is 12.7 Å². The fraction of sp³-hybridized carbons (Fsp3) is 0.833. The molecule has 90 valence electrons. The summed E-state index contributed by atoms with van der Waals surface area (Å²) < 4.78 is 1.89. The maximum absolute atomic E-state index is 4.10. The van der Waals surface area contributed by atoms with Gasteiger partial charge in [-0.15, -0.1) is 0 Å². The summed E-state index contributed by atoms with van der Waals surface area (Å²) in [4.78, 5) is 3.94. The standard InChI is InChI=1S/C12H22N4/c1-10(12-3-4-12)7-14-11(2)5-6-16-9-13-8-15-16/h8-12,14H,3-7H2,1-2H3. The number of nitrogens with zero attached hydrogens (tertiary/aromatic N) is 3. The molecule has 0 amide bonds. The molecular formula is C12H22N4. The third kappa shape index (κ3) is 3.59. The fourth-order valence-corrected chi connectivity index (χ4v) is 2.00. The molecule has 1 aromatic rings. The molecule has 2 atom stereocenters. The Kier molecular flexibility index (Phi) is 3.93. The highest BCUT2D eigenvalue weighted by Crippen LogP contribution is 2.36. The summed E-state index contributed by atoms with van der Waals surface area (Å²) in [6, 6.07) is 0.561. The lowest BCUT2D eigenvalue weighted by molar-refractivity contribution is 0.398. The van der Waals surface area contributed by atoms with Crippen LogP contribution in [0.1, 0.15) is 33.1 Å². The zero-order valence-electron chi connectivity index (χ0n) is 10.3. The first-order valence-corrected chi connectivity index (χ1v) is 6.31. The van der Waals surface area contributed by atoms with Crippen molar-refractivity contribution in [3.8, 4) is 0 Å². The number of nitrogens with one attached hydrogen (secondary N) is 1. The SMILES string of the molecule is CC(CCn1cncn1)NCC(C)C1CC1. The van der Waals surface area contributed by atoms with Crippen molar-refractivity contribution in [3.63, 3.8) is 0 Å². The molecule has 1 saturated carbocycles. The van der Waals surface area contributed by atoms with Crippen LogP contribution in [0.5, 0.6) is 0 Å². The Morgan fingerprint density at radius 1 is 1.44 bits per heavy atom. The summed E-state index contributed by atoms with van der Waals surface area (Å²) in [6.45, 7) is 6.71. The molecule has 1 aliphatic carbocycles. The summed E-state index contributed by atoms with van der Waals surface area (Å²) in [5.41, 5.74) is 0. The molecule has 1 N–H and O–H groups in total. The Balaban J connectivity index is 1.58. The summed E-state index contributed by atoms with van der Waals surface area (Å²) in [5, 5.41) is 7.70. The normalized spacial score (nSPS) is 19.6. The van der Waals surface area contributed by atoms with Gasteiger partial charge in [0.05, 0.1) is 0 Å². The van der Waals surface area contributed by atoms with Crippen molar-refractivity contribution in [1.29, 1.82) is 0 Å². The topological polar surface area (TPSA) is 42.7 Å². The molecule has 4 heteroatoms. The van der Waals surface area contributed by atoms with Crippen molar-refractivity contribution < 1.29 is 0 Å². The van der Waals surface area contributed by atoms with E-state index in [4.69, 9.17) is 0 Å². The Hall–Kier alpha value is -0.900. The van der Waals surface area contributed by atoms with Gasteiger partial charge in [0, 0.05) is 12.6 Å². The smallest absolute Gasteiger partial charge is 0.137 e. The number of hydrogen-bond acceptors (Lipinski definition) is 3. The van der Waals surface area contributed by atoms with Crippen molar-refractivity contribution in [3.05, 3.63) is 12.7 Å². The molecule has 0 spiro atoms. The van der Waals surface area contributed by atoms with Gasteiger partial charge in [-0.1, -0.05) is 6.92 Å². The highest BCUT2D eigenvalue weighted by atomic mass is 15.3. The van der Waals surface area contributed by atoms with Crippen LogP contribution in [0.25, 0.3) is 0 Å². The molecule has 2 unspecified atom stereocenters. The lowest BCUT2D eigenvalue weighted by atomic mass is 10.1. The van der Waals surface area contributed by atoms with Crippen molar-refractivity contribution in [1.82, 2.24) is 20.1 Å². The molecule has 0 radical (unpaired) electrons. The average Bonchev–Trinajstić information content (AvgIpc) is 3.01. The number of aryl methyl sites for hydroxylation is 1. The van der Waals surface area contributed by atoms with E-state index in [2.05, 4.69) is 29.2 Å². The van der Waals surface area contributed by atoms with Crippen molar-refractivity contribution in [2.75, 3.05) is 6.54 Å². The maximum Gasteiger partial charge on any atom is 0.137 e. The van der Waals surface area contributed by atoms with Crippen molar-refractivity contribution >= 4 is 0 Å². The first-order valence-electron chi connectivity index (χ1n) is 6.31. The van der Waals surface area contributed by atoms with E-state index in [-0.39, 0.29) is 0 Å². The third-order valence-corrected chi connectivity index (χ3v) is 3.47. The molecule has 16 heavy (non-hydrogen) atoms. The molecule has 1 fully saturated rings. The van der Waals surface area contributed by atoms with Crippen LogP contribution in [0.4, 0.5) is 0 Å². The van der Waals surface area contributed by atoms with Crippen LogP contribution in [-0.4, -0.2) is 27.4 Å². The van der Waals surface area contributed by atoms with Crippen molar-refractivity contribution in [2.45, 2.75) is 45.7 Å². The maximum atomic E-state index is 4.10. The van der Waals surface area contributed by atoms with Crippen LogP contribution >= 0.6 is 0 Å². The predicted molar refractivity (Wildman–Crippen MR) is 64.0 cm³/mol. The molecule has 0 saturated heterocycles. The highest BCUT2D eigenvalue weighted by Gasteiger charge is 2.27. The van der Waals surface area contributed by atoms with Crippen LogP contribution in [0.2, 0.25) is 0 Å². The number of hydrogen-bond donors (Lipinski definition) is 1. The number of aromatic nitrogens is 3. The summed E-state index contributed by atoms with van der Waals surface area (Å²) >= 11 is 0. The minimum atomic E-state index is 0.561. The van der Waals surface area contributed by atoms with Gasteiger partial charge < -0.3 is 5.32 Å². The molecule has 0 aromatic carbocycles. The van der Waals surface area contributed by atoms with Gasteiger partial charge in [0.2, 0.25) is 0 Å². The molecule has 0 bridgehead atoms. The van der Waals surface area contributed by atoms with Gasteiger partial charge in [-0.3, -0.25) is 4.68 Å². The monoisotopic (exact) mass is 222 g/mol. The van der Waals surface area contributed by atoms with E-state index in [1.54, 1.807) is 12.7 Å². The van der Waals surface area contributed by atoms with E-state index in [1.807, 2.05) is 4.68 Å². The second kappa shape index (κ2) is 5.43. The third-order valence-electron chi connectivity index (χ3n) is 3.47. The van der Waals surface area contributed by atoms with Gasteiger partial charge in [-0.2, -0.15) is 5.10 Å². The first kappa shape index (κ1) is 11.6. The quantitative estimate of drug-likeness (QED) is 0.763. The van der Waals surface area contributed by atoms with Crippen LogP contribution < -0.4 is 5.32 Å². The average molecular weight is 222 g/mol. The Bertz CT molecular complexity index is 292. The summed E-state index contributed by atoms with van der Waals surface area (Å²) in [6.07, 6.45) is 7.36. The van der Waals surface area contributed by atoms with Crippen molar-refractivity contribution in [2.24, 2.45) is 11.8 Å². The minimum Gasteiger partial charge on any atom is -0.314 e. The van der Waals surface area contributed by atoms with Gasteiger partial charge in [-0.25, -0.2) is 4.98 Å². The lowest BCUT2D eigenvalue weighted by Crippen LogP contribution is -2.31. The second-order valence-electron chi connectivity index (χ2n) is 5.07. The zero-order chi connectivity index (χ0) is 11.4. The molecule has 4 nitrogen and oxygen atoms in total. The Labute approximate surface area is 97.5 Å². The summed E-state index contributed by atoms with van der Waals surface area (Å²) in [7, 11) is 0. The zero-order valence-corrected chi connectivity index (χ0v) is 10.3. The summed E-state index contributed by atoms with van der Waals surface area (Å²) in [5.74, 6) is 1.84. The highest BCUT2D eigenvalue weighted by molar-refractivity contribution is 4.80. The van der Waals surface area contributed by atoms with E-state index >= 15 is 0 Å². The van der Waals surface area contributed by atoms with Crippen LogP contribution in [0, 0.1) is 11.8 Å². The van der Waals surface area contributed by atoms with E-state index < -0.39 is 0 Å². The van der Waals surface area contributed by atoms with E-state index in [9.17, 15) is 0 Å². The molecule has 2 rings (SSSR count). The van der Waals surface area contributed by atoms with Gasteiger partial charge in [-0.05, 0) is 44.6 Å². The van der Waals surface area contributed by atoms with E-state index in [1.165, 1.54) is 12.8 Å². The van der Waals surface area contributed by atoms with Crippen LogP contribution in [-0.2, 0) is 6.54 Å². The van der Waals surface area contributed by atoms with Gasteiger partial charge in [0.25, 0.3) is 0 Å². The Morgan fingerprint density at radius 2 is 2.25 bits per heavy atom.